The van der Waals surface area contributed by atoms with E-state index in [1.807, 2.05) is 16.8 Å². The van der Waals surface area contributed by atoms with Crippen LogP contribution < -0.4 is 0 Å². The lowest BCUT2D eigenvalue weighted by Crippen LogP contribution is -2.22. The highest BCUT2D eigenvalue weighted by molar-refractivity contribution is 8.13. The third kappa shape index (κ3) is 1.83. The molecular weight excluding hydrogens is 156 g/mol. The maximum atomic E-state index is 12.5. The Morgan fingerprint density at radius 2 is 2.00 bits per heavy atom. The summed E-state index contributed by atoms with van der Waals surface area (Å²) >= 11 is -0.307. The van der Waals surface area contributed by atoms with Crippen LogP contribution >= 0.6 is 11.1 Å². The van der Waals surface area contributed by atoms with Gasteiger partial charge in [0.05, 0.1) is 6.54 Å². The average molecular weight is 169 g/mol. The summed E-state index contributed by atoms with van der Waals surface area (Å²) in [6, 6.07) is 0. The summed E-state index contributed by atoms with van der Waals surface area (Å²) in [5.74, 6) is -2.41. The minimum absolute atomic E-state index is 0.0221. The van der Waals surface area contributed by atoms with Gasteiger partial charge in [0, 0.05) is 13.0 Å². The molecule has 4 heteroatoms. The molecule has 62 valence electrons. The molecule has 0 N–H and O–H groups in total. The molecule has 1 rings (SSSR count). The molecule has 1 aliphatic heterocycles. The number of hydrogen-bond donors (Lipinski definition) is 1. The van der Waals surface area contributed by atoms with Crippen LogP contribution in [0.4, 0.5) is 8.78 Å². The number of hydrogen-bond acceptors (Lipinski definition) is 1. The van der Waals surface area contributed by atoms with Crippen molar-refractivity contribution in [3.63, 3.8) is 0 Å². The quantitative estimate of drug-likeness (QED) is 0.582. The number of rotatable bonds is 1. The van der Waals surface area contributed by atoms with Crippen molar-refractivity contribution in [2.45, 2.75) is 12.3 Å². The smallest absolute Gasteiger partial charge is 0.262 e. The zero-order valence-corrected chi connectivity index (χ0v) is 7.17. The van der Waals surface area contributed by atoms with Gasteiger partial charge < -0.3 is 0 Å². The molecule has 0 atom stereocenters. The number of thiol groups is 1. The second-order valence-electron chi connectivity index (χ2n) is 2.84. The minimum atomic E-state index is -2.41. The topological polar surface area (TPSA) is 3.24 Å². The van der Waals surface area contributed by atoms with Gasteiger partial charge in [-0.2, -0.15) is 0 Å². The Kier molecular flexibility index (Phi) is 2.20. The van der Waals surface area contributed by atoms with Crippen LogP contribution in [0.5, 0.6) is 0 Å². The maximum absolute atomic E-state index is 12.5. The average Bonchev–Trinajstić information content (AvgIpc) is 2.10. The zero-order valence-electron chi connectivity index (χ0n) is 6.27. The molecule has 0 aromatic carbocycles. The van der Waals surface area contributed by atoms with Crippen LogP contribution in [0.3, 0.4) is 0 Å². The Labute approximate surface area is 62.9 Å². The van der Waals surface area contributed by atoms with Gasteiger partial charge in [0.15, 0.2) is 0 Å². The van der Waals surface area contributed by atoms with Crippen molar-refractivity contribution in [2.24, 2.45) is 0 Å². The molecule has 0 unspecified atom stereocenters. The lowest BCUT2D eigenvalue weighted by Gasteiger charge is -2.22. The molecule has 0 bridgehead atoms. The van der Waals surface area contributed by atoms with Crippen LogP contribution in [0.2, 0.25) is 0 Å². The molecular formula is C6H13F2NS. The first-order valence-electron chi connectivity index (χ1n) is 3.31. The van der Waals surface area contributed by atoms with Crippen molar-refractivity contribution in [3.05, 3.63) is 0 Å². The zero-order chi connectivity index (χ0) is 7.78. The highest BCUT2D eigenvalue weighted by atomic mass is 32.2. The molecule has 0 amide bonds. The van der Waals surface area contributed by atoms with Gasteiger partial charge >= 0.3 is 0 Å². The summed E-state index contributed by atoms with van der Waals surface area (Å²) in [7, 11) is 0. The first-order valence-corrected chi connectivity index (χ1v) is 5.50. The molecule has 1 aliphatic rings. The highest BCUT2D eigenvalue weighted by Gasteiger charge is 2.38. The lowest BCUT2D eigenvalue weighted by atomic mass is 10.3. The van der Waals surface area contributed by atoms with Crippen molar-refractivity contribution < 1.29 is 8.78 Å². The van der Waals surface area contributed by atoms with Gasteiger partial charge in [-0.3, -0.25) is 4.31 Å². The molecule has 10 heavy (non-hydrogen) atoms. The fraction of sp³-hybridized carbons (Fsp3) is 1.00. The summed E-state index contributed by atoms with van der Waals surface area (Å²) < 4.78 is 26.9. The molecule has 0 aromatic rings. The SMILES string of the molecule is C[SH](C)N1CCC(F)(F)C1. The Hall–Kier alpha value is 0.170. The van der Waals surface area contributed by atoms with E-state index in [-0.39, 0.29) is 24.0 Å². The molecule has 0 aromatic heterocycles. The van der Waals surface area contributed by atoms with Gasteiger partial charge in [0.25, 0.3) is 5.92 Å². The molecule has 0 spiro atoms. The van der Waals surface area contributed by atoms with Crippen LogP contribution in [0.15, 0.2) is 0 Å². The van der Waals surface area contributed by atoms with Crippen molar-refractivity contribution in [1.82, 2.24) is 4.31 Å². The van der Waals surface area contributed by atoms with Crippen molar-refractivity contribution in [2.75, 3.05) is 25.6 Å². The van der Waals surface area contributed by atoms with Gasteiger partial charge in [-0.25, -0.2) is 19.9 Å². The normalized spacial score (nSPS) is 27.0. The van der Waals surface area contributed by atoms with E-state index in [9.17, 15) is 8.78 Å². The molecule has 0 aliphatic carbocycles. The van der Waals surface area contributed by atoms with Gasteiger partial charge in [0.2, 0.25) is 0 Å². The Balaban J connectivity index is 2.43. The lowest BCUT2D eigenvalue weighted by molar-refractivity contribution is 0.0189. The summed E-state index contributed by atoms with van der Waals surface area (Å²) in [4.78, 5) is 0. The van der Waals surface area contributed by atoms with Crippen LogP contribution in [0.1, 0.15) is 6.42 Å². The third-order valence-corrected chi connectivity index (χ3v) is 3.19. The highest BCUT2D eigenvalue weighted by Crippen LogP contribution is 2.34. The number of nitrogens with zero attached hydrogens (tertiary/aromatic N) is 1. The molecule has 1 nitrogen and oxygen atoms in total. The standard InChI is InChI=1S/C6H13F2NS/c1-10(2)9-4-3-6(7,8)5-9/h10H,3-5H2,1-2H3. The van der Waals surface area contributed by atoms with Crippen molar-refractivity contribution >= 4 is 11.1 Å². The minimum Gasteiger partial charge on any atom is -0.264 e. The van der Waals surface area contributed by atoms with Crippen LogP contribution in [-0.2, 0) is 0 Å². The van der Waals surface area contributed by atoms with Gasteiger partial charge in [-0.1, -0.05) is 0 Å². The maximum Gasteiger partial charge on any atom is 0.262 e. The summed E-state index contributed by atoms with van der Waals surface area (Å²) in [6.45, 7) is 0.553. The van der Waals surface area contributed by atoms with E-state index in [0.29, 0.717) is 6.54 Å². The van der Waals surface area contributed by atoms with Crippen LogP contribution in [-0.4, -0.2) is 35.8 Å². The van der Waals surface area contributed by atoms with E-state index in [4.69, 9.17) is 0 Å². The number of alkyl halides is 2. The first-order chi connectivity index (χ1) is 4.51. The van der Waals surface area contributed by atoms with Gasteiger partial charge in [-0.05, 0) is 12.5 Å². The monoisotopic (exact) mass is 169 g/mol. The second kappa shape index (κ2) is 2.66. The van der Waals surface area contributed by atoms with Crippen molar-refractivity contribution in [3.8, 4) is 0 Å². The summed E-state index contributed by atoms with van der Waals surface area (Å²) in [6.07, 6.45) is 4.07. The van der Waals surface area contributed by atoms with Crippen LogP contribution in [0, 0.1) is 0 Å². The van der Waals surface area contributed by atoms with E-state index in [0.717, 1.165) is 0 Å². The van der Waals surface area contributed by atoms with Gasteiger partial charge in [-0.15, -0.1) is 0 Å². The Bertz CT molecular complexity index is 127. The molecule has 0 saturated carbocycles. The van der Waals surface area contributed by atoms with Crippen LogP contribution in [0.25, 0.3) is 0 Å². The third-order valence-electron chi connectivity index (χ3n) is 1.72. The fourth-order valence-corrected chi connectivity index (χ4v) is 2.05. The van der Waals surface area contributed by atoms with E-state index >= 15 is 0 Å². The molecule has 0 radical (unpaired) electrons. The summed E-state index contributed by atoms with van der Waals surface area (Å²) in [5.41, 5.74) is 0. The predicted molar refractivity (Wildman–Crippen MR) is 42.0 cm³/mol. The van der Waals surface area contributed by atoms with E-state index in [2.05, 4.69) is 0 Å². The van der Waals surface area contributed by atoms with Gasteiger partial charge in [0.1, 0.15) is 0 Å². The van der Waals surface area contributed by atoms with Crippen molar-refractivity contribution in [1.29, 1.82) is 0 Å². The molecule has 1 saturated heterocycles. The molecule has 1 fully saturated rings. The Morgan fingerprint density at radius 1 is 1.40 bits per heavy atom. The fourth-order valence-electron chi connectivity index (χ4n) is 1.06. The predicted octanol–water partition coefficient (Wildman–Crippen LogP) is 1.50. The van der Waals surface area contributed by atoms with E-state index in [1.165, 1.54) is 0 Å². The Morgan fingerprint density at radius 3 is 2.20 bits per heavy atom. The first kappa shape index (κ1) is 8.27. The molecule has 1 heterocycles. The summed E-state index contributed by atoms with van der Waals surface area (Å²) in [5, 5.41) is 0. The van der Waals surface area contributed by atoms with E-state index in [1.54, 1.807) is 0 Å². The number of halogens is 2. The second-order valence-corrected chi connectivity index (χ2v) is 5.10. The largest absolute Gasteiger partial charge is 0.264 e. The van der Waals surface area contributed by atoms with E-state index < -0.39 is 5.92 Å².